The number of piperidine rings is 1. The first-order valence-electron chi connectivity index (χ1n) is 9.50. The van der Waals surface area contributed by atoms with Gasteiger partial charge in [-0.2, -0.15) is 0 Å². The molecule has 0 aliphatic carbocycles. The summed E-state index contributed by atoms with van der Waals surface area (Å²) in [6.07, 6.45) is 4.41. The van der Waals surface area contributed by atoms with Crippen LogP contribution in [0.5, 0.6) is 17.2 Å². The molecule has 4 rings (SSSR count). The number of nitrogens with zero attached hydrogens (tertiary/aromatic N) is 1. The van der Waals surface area contributed by atoms with Crippen molar-refractivity contribution >= 4 is 16.9 Å². The van der Waals surface area contributed by atoms with Crippen molar-refractivity contribution < 1.29 is 23.1 Å². The summed E-state index contributed by atoms with van der Waals surface area (Å²) in [5.41, 5.74) is -0.0316. The molecule has 1 fully saturated rings. The van der Waals surface area contributed by atoms with E-state index >= 15 is 0 Å². The maximum atomic E-state index is 13.0. The van der Waals surface area contributed by atoms with Crippen molar-refractivity contribution in [3.8, 4) is 17.2 Å². The lowest BCUT2D eigenvalue weighted by Gasteiger charge is -2.26. The highest BCUT2D eigenvalue weighted by atomic mass is 19.1. The van der Waals surface area contributed by atoms with Crippen LogP contribution < -0.4 is 14.9 Å². The fraction of sp³-hybridized carbons (Fsp3) is 0.273. The highest BCUT2D eigenvalue weighted by molar-refractivity contribution is 5.80. The van der Waals surface area contributed by atoms with Gasteiger partial charge in [0, 0.05) is 19.2 Å². The molecule has 2 aromatic carbocycles. The van der Waals surface area contributed by atoms with E-state index in [1.54, 1.807) is 18.2 Å². The minimum absolute atomic E-state index is 0.00180. The van der Waals surface area contributed by atoms with Crippen LogP contribution in [0.4, 0.5) is 4.39 Å². The van der Waals surface area contributed by atoms with E-state index in [2.05, 4.69) is 0 Å². The molecule has 29 heavy (non-hydrogen) atoms. The number of rotatable bonds is 5. The van der Waals surface area contributed by atoms with Gasteiger partial charge in [-0.05, 0) is 55.7 Å². The molecule has 1 aliphatic heterocycles. The Labute approximate surface area is 166 Å². The minimum atomic E-state index is -0.394. The van der Waals surface area contributed by atoms with E-state index < -0.39 is 5.82 Å². The maximum Gasteiger partial charge on any atom is 0.260 e. The lowest BCUT2D eigenvalue weighted by Crippen LogP contribution is -2.38. The first kappa shape index (κ1) is 19.0. The zero-order valence-electron chi connectivity index (χ0n) is 15.7. The number of carbonyl (C=O) groups excluding carboxylic acids is 1. The molecular formula is C22H20FNO5. The van der Waals surface area contributed by atoms with Gasteiger partial charge in [0.2, 0.25) is 11.2 Å². The van der Waals surface area contributed by atoms with Crippen molar-refractivity contribution in [3.05, 3.63) is 64.8 Å². The molecular weight excluding hydrogens is 377 g/mol. The smallest absolute Gasteiger partial charge is 0.260 e. The lowest BCUT2D eigenvalue weighted by molar-refractivity contribution is -0.134. The van der Waals surface area contributed by atoms with Crippen LogP contribution in [0, 0.1) is 5.82 Å². The summed E-state index contributed by atoms with van der Waals surface area (Å²) in [7, 11) is 0. The molecule has 7 heteroatoms. The summed E-state index contributed by atoms with van der Waals surface area (Å²) in [6.45, 7) is 1.48. The third-order valence-electron chi connectivity index (χ3n) is 4.83. The van der Waals surface area contributed by atoms with Crippen molar-refractivity contribution in [2.24, 2.45) is 0 Å². The standard InChI is InChI=1S/C22H20FNO5/c23-15-4-6-16(7-5-15)29-20-13-28-19-12-17(8-9-18(19)22(20)26)27-14-21(25)24-10-2-1-3-11-24/h4-9,12-13H,1-3,10-11,14H2. The minimum Gasteiger partial charge on any atom is -0.484 e. The maximum absolute atomic E-state index is 13.0. The largest absolute Gasteiger partial charge is 0.484 e. The number of likely N-dealkylation sites (tertiary alicyclic amines) is 1. The summed E-state index contributed by atoms with van der Waals surface area (Å²) in [5.74, 6) is 0.328. The van der Waals surface area contributed by atoms with Crippen molar-refractivity contribution in [2.45, 2.75) is 19.3 Å². The van der Waals surface area contributed by atoms with Crippen LogP contribution >= 0.6 is 0 Å². The summed E-state index contributed by atoms with van der Waals surface area (Å²) in [4.78, 5) is 26.6. The molecule has 0 bridgehead atoms. The second-order valence-corrected chi connectivity index (χ2v) is 6.87. The third kappa shape index (κ3) is 4.39. The predicted octanol–water partition coefficient (Wildman–Crippen LogP) is 4.12. The summed E-state index contributed by atoms with van der Waals surface area (Å²) >= 11 is 0. The van der Waals surface area contributed by atoms with Gasteiger partial charge in [0.15, 0.2) is 6.61 Å². The number of fused-ring (bicyclic) bond motifs is 1. The van der Waals surface area contributed by atoms with Crippen LogP contribution in [0.2, 0.25) is 0 Å². The van der Waals surface area contributed by atoms with E-state index in [1.165, 1.54) is 30.5 Å². The Bertz CT molecular complexity index is 1070. The molecule has 0 saturated carbocycles. The Morgan fingerprint density at radius 2 is 1.76 bits per heavy atom. The topological polar surface area (TPSA) is 69.0 Å². The summed E-state index contributed by atoms with van der Waals surface area (Å²) < 4.78 is 29.6. The normalized spacial score (nSPS) is 14.0. The Morgan fingerprint density at radius 1 is 1.03 bits per heavy atom. The van der Waals surface area contributed by atoms with E-state index in [9.17, 15) is 14.0 Å². The molecule has 1 aliphatic rings. The molecule has 0 radical (unpaired) electrons. The average Bonchev–Trinajstić information content (AvgIpc) is 2.76. The molecule has 0 atom stereocenters. The van der Waals surface area contributed by atoms with Gasteiger partial charge >= 0.3 is 0 Å². The van der Waals surface area contributed by atoms with Crippen LogP contribution in [0.25, 0.3) is 11.0 Å². The van der Waals surface area contributed by atoms with Gasteiger partial charge < -0.3 is 18.8 Å². The number of hydrogen-bond donors (Lipinski definition) is 0. The first-order valence-corrected chi connectivity index (χ1v) is 9.50. The van der Waals surface area contributed by atoms with Crippen LogP contribution in [-0.4, -0.2) is 30.5 Å². The number of halogens is 1. The fourth-order valence-corrected chi connectivity index (χ4v) is 3.26. The monoisotopic (exact) mass is 397 g/mol. The van der Waals surface area contributed by atoms with E-state index in [0.29, 0.717) is 22.5 Å². The van der Waals surface area contributed by atoms with Crippen LogP contribution in [0.1, 0.15) is 19.3 Å². The van der Waals surface area contributed by atoms with Crippen LogP contribution in [0.3, 0.4) is 0 Å². The highest BCUT2D eigenvalue weighted by Crippen LogP contribution is 2.24. The summed E-state index contributed by atoms with van der Waals surface area (Å²) in [5, 5.41) is 0.319. The van der Waals surface area contributed by atoms with Gasteiger partial charge in [0.1, 0.15) is 29.2 Å². The number of hydrogen-bond acceptors (Lipinski definition) is 5. The Balaban J connectivity index is 1.47. The van der Waals surface area contributed by atoms with Crippen LogP contribution in [0.15, 0.2) is 57.9 Å². The molecule has 3 aromatic rings. The van der Waals surface area contributed by atoms with Crippen LogP contribution in [-0.2, 0) is 4.79 Å². The molecule has 0 N–H and O–H groups in total. The Hall–Kier alpha value is -3.35. The van der Waals surface area contributed by atoms with E-state index in [-0.39, 0.29) is 23.7 Å². The van der Waals surface area contributed by atoms with E-state index in [4.69, 9.17) is 13.9 Å². The molecule has 1 aromatic heterocycles. The molecule has 0 spiro atoms. The quantitative estimate of drug-likeness (QED) is 0.648. The van der Waals surface area contributed by atoms with Gasteiger partial charge in [-0.25, -0.2) is 4.39 Å². The molecule has 1 saturated heterocycles. The first-order chi connectivity index (χ1) is 14.1. The number of benzene rings is 2. The van der Waals surface area contributed by atoms with E-state index in [0.717, 1.165) is 32.4 Å². The molecule has 0 unspecified atom stereocenters. The van der Waals surface area contributed by atoms with Gasteiger partial charge in [0.25, 0.3) is 5.91 Å². The number of amides is 1. The molecule has 2 heterocycles. The lowest BCUT2D eigenvalue weighted by atomic mass is 10.1. The fourth-order valence-electron chi connectivity index (χ4n) is 3.26. The highest BCUT2D eigenvalue weighted by Gasteiger charge is 2.17. The molecule has 6 nitrogen and oxygen atoms in total. The second-order valence-electron chi connectivity index (χ2n) is 6.87. The third-order valence-corrected chi connectivity index (χ3v) is 4.83. The van der Waals surface area contributed by atoms with E-state index in [1.807, 2.05) is 4.90 Å². The SMILES string of the molecule is O=C(COc1ccc2c(=O)c(Oc3ccc(F)cc3)coc2c1)N1CCCCC1. The molecule has 150 valence electrons. The predicted molar refractivity (Wildman–Crippen MR) is 105 cm³/mol. The zero-order chi connectivity index (χ0) is 20.2. The van der Waals surface area contributed by atoms with Crippen molar-refractivity contribution in [1.82, 2.24) is 4.90 Å². The number of ether oxygens (including phenoxy) is 2. The van der Waals surface area contributed by atoms with Gasteiger partial charge in [0.05, 0.1) is 5.39 Å². The van der Waals surface area contributed by atoms with Gasteiger partial charge in [-0.1, -0.05) is 0 Å². The average molecular weight is 397 g/mol. The zero-order valence-corrected chi connectivity index (χ0v) is 15.7. The van der Waals surface area contributed by atoms with Crippen molar-refractivity contribution in [1.29, 1.82) is 0 Å². The van der Waals surface area contributed by atoms with Crippen molar-refractivity contribution in [2.75, 3.05) is 19.7 Å². The Morgan fingerprint density at radius 3 is 2.52 bits per heavy atom. The van der Waals surface area contributed by atoms with Gasteiger partial charge in [-0.3, -0.25) is 9.59 Å². The Kier molecular flexibility index (Phi) is 5.46. The molecule has 1 amide bonds. The van der Waals surface area contributed by atoms with Gasteiger partial charge in [-0.15, -0.1) is 0 Å². The van der Waals surface area contributed by atoms with Crippen molar-refractivity contribution in [3.63, 3.8) is 0 Å². The number of carbonyl (C=O) groups is 1. The summed E-state index contributed by atoms with van der Waals surface area (Å²) in [6, 6.07) is 10.1. The second kappa shape index (κ2) is 8.34.